The summed E-state index contributed by atoms with van der Waals surface area (Å²) in [4.78, 5) is 19.2. The van der Waals surface area contributed by atoms with Crippen molar-refractivity contribution in [3.63, 3.8) is 0 Å². The molecule has 1 aliphatic heterocycles. The van der Waals surface area contributed by atoms with Crippen LogP contribution in [0.2, 0.25) is 0 Å². The summed E-state index contributed by atoms with van der Waals surface area (Å²) in [7, 11) is 0. The number of carbonyl (C=O) groups is 1. The van der Waals surface area contributed by atoms with E-state index in [1.165, 1.54) is 12.3 Å². The zero-order chi connectivity index (χ0) is 23.5. The monoisotopic (exact) mass is 457 g/mol. The number of morpholine rings is 1. The van der Waals surface area contributed by atoms with Crippen LogP contribution in [0.15, 0.2) is 66.9 Å². The van der Waals surface area contributed by atoms with Crippen molar-refractivity contribution in [1.82, 2.24) is 20.5 Å². The summed E-state index contributed by atoms with van der Waals surface area (Å²) >= 11 is 0. The highest BCUT2D eigenvalue weighted by Gasteiger charge is 2.23. The molecule has 5 rings (SSSR count). The summed E-state index contributed by atoms with van der Waals surface area (Å²) in [5.41, 5.74) is 2.45. The first-order valence-electron chi connectivity index (χ1n) is 11.2. The SMILES string of the molecule is C[C@@H](NC(=O)c1cc(-c2ccc(F)nc2)nnc1N1CCOCC1)c1ccc2ccccc2c1. The number of carbonyl (C=O) groups excluding carboxylic acids is 1. The molecule has 0 radical (unpaired) electrons. The van der Waals surface area contributed by atoms with E-state index in [4.69, 9.17) is 4.74 Å². The lowest BCUT2D eigenvalue weighted by molar-refractivity contribution is 0.0937. The lowest BCUT2D eigenvalue weighted by Gasteiger charge is -2.29. The van der Waals surface area contributed by atoms with Gasteiger partial charge in [0.1, 0.15) is 0 Å². The van der Waals surface area contributed by atoms with E-state index in [0.29, 0.717) is 48.9 Å². The average Bonchev–Trinajstić information content (AvgIpc) is 2.89. The number of hydrogen-bond donors (Lipinski definition) is 1. The third-order valence-electron chi connectivity index (χ3n) is 5.97. The molecule has 2 aromatic heterocycles. The Balaban J connectivity index is 1.46. The minimum Gasteiger partial charge on any atom is -0.378 e. The zero-order valence-corrected chi connectivity index (χ0v) is 18.7. The highest BCUT2D eigenvalue weighted by Crippen LogP contribution is 2.26. The van der Waals surface area contributed by atoms with Crippen LogP contribution in [0, 0.1) is 5.95 Å². The summed E-state index contributed by atoms with van der Waals surface area (Å²) in [6.45, 7) is 4.30. The fourth-order valence-corrected chi connectivity index (χ4v) is 4.06. The van der Waals surface area contributed by atoms with Gasteiger partial charge >= 0.3 is 0 Å². The molecule has 0 aliphatic carbocycles. The van der Waals surface area contributed by atoms with Gasteiger partial charge in [-0.25, -0.2) is 4.98 Å². The Kier molecular flexibility index (Phi) is 6.14. The highest BCUT2D eigenvalue weighted by atomic mass is 19.1. The van der Waals surface area contributed by atoms with Crippen LogP contribution in [0.25, 0.3) is 22.0 Å². The Morgan fingerprint density at radius 1 is 1.03 bits per heavy atom. The first-order valence-corrected chi connectivity index (χ1v) is 11.2. The van der Waals surface area contributed by atoms with Gasteiger partial charge in [-0.2, -0.15) is 4.39 Å². The van der Waals surface area contributed by atoms with Crippen molar-refractivity contribution in [1.29, 1.82) is 0 Å². The maximum Gasteiger partial charge on any atom is 0.255 e. The van der Waals surface area contributed by atoms with Crippen molar-refractivity contribution >= 4 is 22.5 Å². The van der Waals surface area contributed by atoms with Gasteiger partial charge in [0.05, 0.1) is 30.5 Å². The number of ether oxygens (including phenoxy) is 1. The van der Waals surface area contributed by atoms with E-state index in [1.807, 2.05) is 30.0 Å². The number of hydrogen-bond acceptors (Lipinski definition) is 6. The molecule has 0 unspecified atom stereocenters. The number of pyridine rings is 1. The Morgan fingerprint density at radius 2 is 1.82 bits per heavy atom. The van der Waals surface area contributed by atoms with Crippen LogP contribution >= 0.6 is 0 Å². The normalized spacial score (nSPS) is 14.7. The molecule has 34 heavy (non-hydrogen) atoms. The van der Waals surface area contributed by atoms with Crippen LogP contribution in [-0.2, 0) is 4.74 Å². The second-order valence-electron chi connectivity index (χ2n) is 8.24. The van der Waals surface area contributed by atoms with E-state index < -0.39 is 5.95 Å². The minimum atomic E-state index is -0.580. The van der Waals surface area contributed by atoms with E-state index in [9.17, 15) is 9.18 Å². The number of aromatic nitrogens is 3. The lowest BCUT2D eigenvalue weighted by atomic mass is 10.0. The largest absolute Gasteiger partial charge is 0.378 e. The number of benzene rings is 2. The van der Waals surface area contributed by atoms with Crippen molar-refractivity contribution in [3.05, 3.63) is 83.9 Å². The molecule has 1 N–H and O–H groups in total. The Labute approximate surface area is 196 Å². The van der Waals surface area contributed by atoms with Gasteiger partial charge in [0.15, 0.2) is 5.82 Å². The molecule has 4 aromatic rings. The predicted molar refractivity (Wildman–Crippen MR) is 128 cm³/mol. The topological polar surface area (TPSA) is 80.2 Å². The van der Waals surface area contributed by atoms with Crippen molar-refractivity contribution in [3.8, 4) is 11.3 Å². The number of anilines is 1. The van der Waals surface area contributed by atoms with Crippen molar-refractivity contribution in [2.24, 2.45) is 0 Å². The third-order valence-corrected chi connectivity index (χ3v) is 5.97. The molecule has 1 fully saturated rings. The second kappa shape index (κ2) is 9.52. The fraction of sp³-hybridized carbons (Fsp3) is 0.231. The standard InChI is InChI=1S/C26H24FN5O2/c1-17(19-7-6-18-4-2-3-5-20(18)14-19)29-26(33)22-15-23(21-8-9-24(27)28-16-21)30-31-25(22)32-10-12-34-13-11-32/h2-9,14-17H,10-13H2,1H3,(H,29,33)/t17-/m1/s1. The molecule has 8 heteroatoms. The second-order valence-corrected chi connectivity index (χ2v) is 8.24. The maximum atomic E-state index is 13.5. The summed E-state index contributed by atoms with van der Waals surface area (Å²) in [5.74, 6) is -0.331. The summed E-state index contributed by atoms with van der Waals surface area (Å²) in [5, 5.41) is 14.0. The molecular weight excluding hydrogens is 433 g/mol. The first-order chi connectivity index (χ1) is 16.6. The summed E-state index contributed by atoms with van der Waals surface area (Å²) < 4.78 is 18.7. The van der Waals surface area contributed by atoms with Crippen LogP contribution in [0.3, 0.4) is 0 Å². The van der Waals surface area contributed by atoms with E-state index in [0.717, 1.165) is 16.3 Å². The Morgan fingerprint density at radius 3 is 2.59 bits per heavy atom. The van der Waals surface area contributed by atoms with Crippen LogP contribution in [0.5, 0.6) is 0 Å². The van der Waals surface area contributed by atoms with Crippen LogP contribution in [-0.4, -0.2) is 47.4 Å². The molecular formula is C26H24FN5O2. The highest BCUT2D eigenvalue weighted by molar-refractivity contribution is 6.00. The van der Waals surface area contributed by atoms with Crippen LogP contribution < -0.4 is 10.2 Å². The van der Waals surface area contributed by atoms with Gasteiger partial charge < -0.3 is 15.0 Å². The van der Waals surface area contributed by atoms with E-state index >= 15 is 0 Å². The molecule has 0 bridgehead atoms. The number of amides is 1. The molecule has 172 valence electrons. The molecule has 1 amide bonds. The predicted octanol–water partition coefficient (Wildman–Crippen LogP) is 4.16. The van der Waals surface area contributed by atoms with Gasteiger partial charge in [-0.15, -0.1) is 10.2 Å². The van der Waals surface area contributed by atoms with E-state index in [-0.39, 0.29) is 11.9 Å². The third kappa shape index (κ3) is 4.58. The van der Waals surface area contributed by atoms with E-state index in [1.54, 1.807) is 12.1 Å². The molecule has 1 saturated heterocycles. The number of rotatable bonds is 5. The molecule has 1 atom stereocenters. The minimum absolute atomic E-state index is 0.223. The maximum absolute atomic E-state index is 13.5. The molecule has 2 aromatic carbocycles. The van der Waals surface area contributed by atoms with Crippen LogP contribution in [0.4, 0.5) is 10.2 Å². The average molecular weight is 458 g/mol. The Bertz CT molecular complexity index is 1320. The molecule has 3 heterocycles. The Hall–Kier alpha value is -3.91. The smallest absolute Gasteiger partial charge is 0.255 e. The van der Waals surface area contributed by atoms with Gasteiger partial charge in [-0.3, -0.25) is 4.79 Å². The van der Waals surface area contributed by atoms with Crippen LogP contribution in [0.1, 0.15) is 28.9 Å². The summed E-state index contributed by atoms with van der Waals surface area (Å²) in [6, 6.07) is 18.6. The number of nitrogens with zero attached hydrogens (tertiary/aromatic N) is 4. The fourth-order valence-electron chi connectivity index (χ4n) is 4.06. The van der Waals surface area contributed by atoms with Gasteiger partial charge in [0.25, 0.3) is 5.91 Å². The quantitative estimate of drug-likeness (QED) is 0.454. The first kappa shape index (κ1) is 21.9. The lowest BCUT2D eigenvalue weighted by Crippen LogP contribution is -2.39. The van der Waals surface area contributed by atoms with Crippen molar-refractivity contribution in [2.45, 2.75) is 13.0 Å². The van der Waals surface area contributed by atoms with Crippen molar-refractivity contribution in [2.75, 3.05) is 31.2 Å². The number of fused-ring (bicyclic) bond motifs is 1. The van der Waals surface area contributed by atoms with Gasteiger partial charge in [-0.1, -0.05) is 36.4 Å². The number of nitrogens with one attached hydrogen (secondary N) is 1. The number of halogens is 1. The molecule has 7 nitrogen and oxygen atoms in total. The van der Waals surface area contributed by atoms with Gasteiger partial charge in [-0.05, 0) is 47.5 Å². The van der Waals surface area contributed by atoms with Gasteiger partial charge in [0.2, 0.25) is 5.95 Å². The zero-order valence-electron chi connectivity index (χ0n) is 18.7. The molecule has 0 saturated carbocycles. The summed E-state index contributed by atoms with van der Waals surface area (Å²) in [6.07, 6.45) is 1.38. The van der Waals surface area contributed by atoms with Crippen molar-refractivity contribution < 1.29 is 13.9 Å². The van der Waals surface area contributed by atoms with Gasteiger partial charge in [0, 0.05) is 24.8 Å². The molecule has 0 spiro atoms. The molecule has 1 aliphatic rings. The van der Waals surface area contributed by atoms with E-state index in [2.05, 4.69) is 44.8 Å².